The highest BCUT2D eigenvalue weighted by Gasteiger charge is 2.32. The van der Waals surface area contributed by atoms with Gasteiger partial charge in [0, 0.05) is 4.47 Å². The number of halogens is 2. The van der Waals surface area contributed by atoms with Crippen LogP contribution >= 0.6 is 15.9 Å². The predicted octanol–water partition coefficient (Wildman–Crippen LogP) is 3.21. The molecule has 1 atom stereocenters. The maximum atomic E-state index is 13.1. The van der Waals surface area contributed by atoms with E-state index < -0.39 is 29.3 Å². The van der Waals surface area contributed by atoms with Gasteiger partial charge in [0.2, 0.25) is 0 Å². The molecule has 7 heteroatoms. The lowest BCUT2D eigenvalue weighted by Gasteiger charge is -2.27. The lowest BCUT2D eigenvalue weighted by molar-refractivity contribution is -0.141. The lowest BCUT2D eigenvalue weighted by Crippen LogP contribution is -2.50. The first kappa shape index (κ1) is 16.4. The van der Waals surface area contributed by atoms with Gasteiger partial charge in [0.15, 0.2) is 0 Å². The smallest absolute Gasteiger partial charge is 0.326 e. The molecule has 0 heterocycles. The third-order valence-corrected chi connectivity index (χ3v) is 3.26. The molecule has 1 aromatic carbocycles. The van der Waals surface area contributed by atoms with Crippen molar-refractivity contribution in [3.05, 3.63) is 28.5 Å². The molecule has 0 bridgehead atoms. The van der Waals surface area contributed by atoms with Gasteiger partial charge in [-0.05, 0) is 39.5 Å². The van der Waals surface area contributed by atoms with Crippen LogP contribution < -0.4 is 10.6 Å². The zero-order valence-electron chi connectivity index (χ0n) is 11.3. The summed E-state index contributed by atoms with van der Waals surface area (Å²) < 4.78 is 13.6. The summed E-state index contributed by atoms with van der Waals surface area (Å²) >= 11 is 3.17. The molecule has 0 aliphatic carbocycles. The molecular weight excluding hydrogens is 331 g/mol. The number of hydrogen-bond acceptors (Lipinski definition) is 2. The number of hydrogen-bond donors (Lipinski definition) is 3. The van der Waals surface area contributed by atoms with E-state index in [2.05, 4.69) is 26.6 Å². The van der Waals surface area contributed by atoms with Crippen LogP contribution in [0.2, 0.25) is 0 Å². The second-order valence-corrected chi connectivity index (χ2v) is 6.21. The van der Waals surface area contributed by atoms with Crippen LogP contribution in [-0.4, -0.2) is 23.1 Å². The van der Waals surface area contributed by atoms with Crippen molar-refractivity contribution in [1.82, 2.24) is 5.32 Å². The monoisotopic (exact) mass is 346 g/mol. The highest BCUT2D eigenvalue weighted by Crippen LogP contribution is 2.23. The van der Waals surface area contributed by atoms with E-state index in [4.69, 9.17) is 5.11 Å². The molecule has 0 fully saturated rings. The second-order valence-electron chi connectivity index (χ2n) is 5.36. The van der Waals surface area contributed by atoms with Gasteiger partial charge in [-0.15, -0.1) is 0 Å². The van der Waals surface area contributed by atoms with Crippen LogP contribution in [0.1, 0.15) is 20.8 Å². The van der Waals surface area contributed by atoms with Crippen molar-refractivity contribution in [1.29, 1.82) is 0 Å². The number of carbonyl (C=O) groups is 2. The van der Waals surface area contributed by atoms with Crippen LogP contribution in [0.15, 0.2) is 22.7 Å². The zero-order chi connectivity index (χ0) is 15.5. The number of amides is 2. The molecule has 1 rings (SSSR count). The van der Waals surface area contributed by atoms with Crippen LogP contribution in [-0.2, 0) is 4.79 Å². The van der Waals surface area contributed by atoms with Crippen molar-refractivity contribution < 1.29 is 19.1 Å². The largest absolute Gasteiger partial charge is 0.480 e. The first-order valence-corrected chi connectivity index (χ1v) is 6.66. The van der Waals surface area contributed by atoms with Gasteiger partial charge in [-0.1, -0.05) is 20.8 Å². The highest BCUT2D eigenvalue weighted by atomic mass is 79.9. The maximum absolute atomic E-state index is 13.1. The summed E-state index contributed by atoms with van der Waals surface area (Å²) in [6.45, 7) is 5.10. The fourth-order valence-corrected chi connectivity index (χ4v) is 1.88. The summed E-state index contributed by atoms with van der Waals surface area (Å²) in [6, 6.07) is 2.05. The number of urea groups is 1. The molecule has 20 heavy (non-hydrogen) atoms. The Bertz CT molecular complexity index is 529. The van der Waals surface area contributed by atoms with Gasteiger partial charge in [0.1, 0.15) is 11.9 Å². The first-order valence-electron chi connectivity index (χ1n) is 5.86. The fourth-order valence-electron chi connectivity index (χ4n) is 1.53. The minimum Gasteiger partial charge on any atom is -0.480 e. The molecule has 1 unspecified atom stereocenters. The van der Waals surface area contributed by atoms with E-state index >= 15 is 0 Å². The SMILES string of the molecule is CC(C)(C)C(NC(=O)Nc1cc(F)ccc1Br)C(=O)O. The van der Waals surface area contributed by atoms with Crippen LogP contribution in [0.4, 0.5) is 14.9 Å². The molecule has 0 aliphatic heterocycles. The molecule has 0 saturated carbocycles. The van der Waals surface area contributed by atoms with E-state index in [1.54, 1.807) is 20.8 Å². The number of anilines is 1. The summed E-state index contributed by atoms with van der Waals surface area (Å²) in [5.74, 6) is -1.64. The van der Waals surface area contributed by atoms with E-state index in [1.807, 2.05) is 0 Å². The van der Waals surface area contributed by atoms with E-state index in [0.29, 0.717) is 4.47 Å². The quantitative estimate of drug-likeness (QED) is 0.786. The minimum absolute atomic E-state index is 0.223. The first-order chi connectivity index (χ1) is 9.11. The van der Waals surface area contributed by atoms with Crippen molar-refractivity contribution in [2.45, 2.75) is 26.8 Å². The number of benzene rings is 1. The van der Waals surface area contributed by atoms with Crippen LogP contribution in [0.25, 0.3) is 0 Å². The third kappa shape index (κ3) is 4.48. The van der Waals surface area contributed by atoms with Crippen molar-refractivity contribution >= 4 is 33.6 Å². The Morgan fingerprint density at radius 3 is 2.45 bits per heavy atom. The summed E-state index contributed by atoms with van der Waals surface area (Å²) in [7, 11) is 0. The third-order valence-electron chi connectivity index (χ3n) is 2.57. The van der Waals surface area contributed by atoms with Gasteiger partial charge in [-0.2, -0.15) is 0 Å². The predicted molar refractivity (Wildman–Crippen MR) is 77.1 cm³/mol. The Morgan fingerprint density at radius 2 is 1.95 bits per heavy atom. The average Bonchev–Trinajstić information content (AvgIpc) is 2.29. The Kier molecular flexibility index (Phi) is 5.10. The number of carbonyl (C=O) groups excluding carboxylic acids is 1. The highest BCUT2D eigenvalue weighted by molar-refractivity contribution is 9.10. The van der Waals surface area contributed by atoms with Gasteiger partial charge in [0.05, 0.1) is 5.69 Å². The van der Waals surface area contributed by atoms with E-state index in [0.717, 1.165) is 6.07 Å². The summed E-state index contributed by atoms with van der Waals surface area (Å²) in [5, 5.41) is 13.9. The minimum atomic E-state index is -1.13. The van der Waals surface area contributed by atoms with Gasteiger partial charge in [-0.3, -0.25) is 0 Å². The fraction of sp³-hybridized carbons (Fsp3) is 0.385. The molecule has 5 nitrogen and oxygen atoms in total. The average molecular weight is 347 g/mol. The van der Waals surface area contributed by atoms with E-state index in [9.17, 15) is 14.0 Å². The standard InChI is InChI=1S/C13H16BrFN2O3/c1-13(2,3)10(11(18)19)17-12(20)16-9-6-7(15)4-5-8(9)14/h4-6,10H,1-3H3,(H,18,19)(H2,16,17,20). The molecule has 0 aliphatic rings. The molecule has 0 aromatic heterocycles. The van der Waals surface area contributed by atoms with Crippen LogP contribution in [0, 0.1) is 11.2 Å². The Labute approximate surface area is 124 Å². The van der Waals surface area contributed by atoms with Crippen molar-refractivity contribution in [2.75, 3.05) is 5.32 Å². The maximum Gasteiger partial charge on any atom is 0.326 e. The number of rotatable bonds is 3. The topological polar surface area (TPSA) is 78.4 Å². The van der Waals surface area contributed by atoms with Gasteiger partial charge < -0.3 is 15.7 Å². The summed E-state index contributed by atoms with van der Waals surface area (Å²) in [6.07, 6.45) is 0. The zero-order valence-corrected chi connectivity index (χ0v) is 12.9. The summed E-state index contributed by atoms with van der Waals surface area (Å²) in [5.41, 5.74) is -0.428. The van der Waals surface area contributed by atoms with E-state index in [-0.39, 0.29) is 5.69 Å². The van der Waals surface area contributed by atoms with Crippen molar-refractivity contribution in [3.8, 4) is 0 Å². The van der Waals surface area contributed by atoms with E-state index in [1.165, 1.54) is 12.1 Å². The molecule has 2 amide bonds. The van der Waals surface area contributed by atoms with Crippen LogP contribution in [0.5, 0.6) is 0 Å². The molecule has 0 spiro atoms. The molecule has 0 saturated heterocycles. The molecular formula is C13H16BrFN2O3. The molecule has 3 N–H and O–H groups in total. The van der Waals surface area contributed by atoms with Gasteiger partial charge in [0.25, 0.3) is 0 Å². The number of nitrogens with one attached hydrogen (secondary N) is 2. The normalized spacial score (nSPS) is 12.7. The number of carboxylic acids is 1. The molecule has 1 aromatic rings. The van der Waals surface area contributed by atoms with Crippen molar-refractivity contribution in [2.24, 2.45) is 5.41 Å². The summed E-state index contributed by atoms with van der Waals surface area (Å²) in [4.78, 5) is 23.0. The van der Waals surface area contributed by atoms with Gasteiger partial charge in [-0.25, -0.2) is 14.0 Å². The Balaban J connectivity index is 2.81. The van der Waals surface area contributed by atoms with Gasteiger partial charge >= 0.3 is 12.0 Å². The molecule has 110 valence electrons. The van der Waals surface area contributed by atoms with Crippen molar-refractivity contribution in [3.63, 3.8) is 0 Å². The van der Waals surface area contributed by atoms with Crippen LogP contribution in [0.3, 0.4) is 0 Å². The molecule has 0 radical (unpaired) electrons. The second kappa shape index (κ2) is 6.21. The number of carboxylic acid groups (broad SMARTS) is 1. The number of aliphatic carboxylic acids is 1. The Morgan fingerprint density at radius 1 is 1.35 bits per heavy atom. The lowest BCUT2D eigenvalue weighted by atomic mass is 9.87. The Hall–Kier alpha value is -1.63.